The van der Waals surface area contributed by atoms with Crippen LogP contribution >= 0.6 is 0 Å². The van der Waals surface area contributed by atoms with Gasteiger partial charge in [0.05, 0.1) is 0 Å². The zero-order valence-corrected chi connectivity index (χ0v) is 11.3. The number of carbonyl (C=O) groups excluding carboxylic acids is 2. The normalized spacial score (nSPS) is 10.4. The number of unbranched alkanes of at least 4 members (excludes halogenated alkanes) is 1. The molecule has 0 aliphatic heterocycles. The number of hydrogen-bond donors (Lipinski definition) is 2. The van der Waals surface area contributed by atoms with Crippen LogP contribution in [0, 0.1) is 0 Å². The Hall–Kier alpha value is -2.17. The Labute approximate surface area is 113 Å². The van der Waals surface area contributed by atoms with E-state index in [1.807, 2.05) is 6.92 Å². The molecule has 0 atom stereocenters. The van der Waals surface area contributed by atoms with Crippen molar-refractivity contribution in [3.05, 3.63) is 29.8 Å². The number of nitrogens with one attached hydrogen (secondary N) is 2. The van der Waals surface area contributed by atoms with E-state index in [9.17, 15) is 9.59 Å². The number of rotatable bonds is 6. The average Bonchev–Trinajstić information content (AvgIpc) is 2.44. The monoisotopic (exact) mass is 261 g/mol. The van der Waals surface area contributed by atoms with Gasteiger partial charge in [-0.2, -0.15) is 5.10 Å². The van der Waals surface area contributed by atoms with E-state index in [0.717, 1.165) is 12.8 Å². The summed E-state index contributed by atoms with van der Waals surface area (Å²) in [6.45, 7) is 3.82. The van der Waals surface area contributed by atoms with E-state index in [4.69, 9.17) is 0 Å². The van der Waals surface area contributed by atoms with E-state index >= 15 is 0 Å². The number of benzene rings is 1. The molecule has 1 aromatic carbocycles. The van der Waals surface area contributed by atoms with E-state index in [1.165, 1.54) is 0 Å². The number of carbonyl (C=O) groups is 2. The molecule has 0 heterocycles. The summed E-state index contributed by atoms with van der Waals surface area (Å²) in [5, 5.41) is 6.54. The summed E-state index contributed by atoms with van der Waals surface area (Å²) < 4.78 is 0. The van der Waals surface area contributed by atoms with Crippen molar-refractivity contribution in [3.8, 4) is 0 Å². The summed E-state index contributed by atoms with van der Waals surface area (Å²) in [6.07, 6.45) is 3.93. The molecule has 2 N–H and O–H groups in total. The number of nitrogens with zero attached hydrogens (tertiary/aromatic N) is 1. The van der Waals surface area contributed by atoms with Crippen LogP contribution in [0.1, 0.15) is 43.5 Å². The van der Waals surface area contributed by atoms with Crippen LogP contribution in [0.4, 0.5) is 5.69 Å². The lowest BCUT2D eigenvalue weighted by Gasteiger charge is -2.04. The highest BCUT2D eigenvalue weighted by Crippen LogP contribution is 2.09. The molecular formula is C14H19N3O2. The molecular weight excluding hydrogens is 242 g/mol. The molecule has 19 heavy (non-hydrogen) atoms. The topological polar surface area (TPSA) is 70.6 Å². The predicted molar refractivity (Wildman–Crippen MR) is 76.2 cm³/mol. The third-order valence-electron chi connectivity index (χ3n) is 2.43. The van der Waals surface area contributed by atoms with Crippen molar-refractivity contribution in [1.82, 2.24) is 5.43 Å². The minimum Gasteiger partial charge on any atom is -0.326 e. The van der Waals surface area contributed by atoms with Gasteiger partial charge < -0.3 is 5.32 Å². The highest BCUT2D eigenvalue weighted by Gasteiger charge is 2.04. The lowest BCUT2D eigenvalue weighted by Crippen LogP contribution is -2.17. The summed E-state index contributed by atoms with van der Waals surface area (Å²) in [5.74, 6) is -0.318. The number of amides is 2. The maximum absolute atomic E-state index is 11.7. The fraction of sp³-hybridized carbons (Fsp3) is 0.357. The Bertz CT molecular complexity index is 452. The second-order valence-corrected chi connectivity index (χ2v) is 4.02. The number of anilines is 1. The smallest absolute Gasteiger partial charge is 0.271 e. The molecule has 0 aliphatic rings. The number of hydrogen-bond acceptors (Lipinski definition) is 3. The minimum absolute atomic E-state index is 0.0543. The third-order valence-corrected chi connectivity index (χ3v) is 2.43. The van der Waals surface area contributed by atoms with Crippen LogP contribution in [0.25, 0.3) is 0 Å². The third kappa shape index (κ3) is 5.33. The van der Waals surface area contributed by atoms with Crippen molar-refractivity contribution in [2.75, 3.05) is 5.32 Å². The average molecular weight is 261 g/mol. The van der Waals surface area contributed by atoms with Crippen molar-refractivity contribution >= 4 is 23.7 Å². The SMILES string of the molecule is CCC/C=N/NC(=O)c1ccc(NC(=O)CC)cc1. The van der Waals surface area contributed by atoms with Crippen molar-refractivity contribution in [2.24, 2.45) is 5.10 Å². The fourth-order valence-corrected chi connectivity index (χ4v) is 1.32. The first-order valence-corrected chi connectivity index (χ1v) is 6.39. The molecule has 2 amide bonds. The Balaban J connectivity index is 2.55. The molecule has 0 unspecified atom stereocenters. The van der Waals surface area contributed by atoms with Gasteiger partial charge in [0.2, 0.25) is 5.91 Å². The Kier molecular flexibility index (Phi) is 6.29. The first-order chi connectivity index (χ1) is 9.17. The molecule has 1 aromatic rings. The van der Waals surface area contributed by atoms with Gasteiger partial charge >= 0.3 is 0 Å². The largest absolute Gasteiger partial charge is 0.326 e. The van der Waals surface area contributed by atoms with E-state index in [2.05, 4.69) is 15.8 Å². The van der Waals surface area contributed by atoms with Crippen LogP contribution in [-0.4, -0.2) is 18.0 Å². The zero-order valence-electron chi connectivity index (χ0n) is 11.3. The Morgan fingerprint density at radius 1 is 1.21 bits per heavy atom. The molecule has 0 bridgehead atoms. The van der Waals surface area contributed by atoms with Gasteiger partial charge in [-0.25, -0.2) is 5.43 Å². The minimum atomic E-state index is -0.263. The van der Waals surface area contributed by atoms with E-state index < -0.39 is 0 Å². The first-order valence-electron chi connectivity index (χ1n) is 6.39. The summed E-state index contributed by atoms with van der Waals surface area (Å²) in [4.78, 5) is 22.9. The Morgan fingerprint density at radius 2 is 1.89 bits per heavy atom. The van der Waals surface area contributed by atoms with Gasteiger partial charge in [-0.05, 0) is 30.7 Å². The summed E-state index contributed by atoms with van der Waals surface area (Å²) in [5.41, 5.74) is 3.63. The molecule has 1 rings (SSSR count). The zero-order chi connectivity index (χ0) is 14.1. The lowest BCUT2D eigenvalue weighted by molar-refractivity contribution is -0.115. The van der Waals surface area contributed by atoms with Crippen LogP contribution < -0.4 is 10.7 Å². The highest BCUT2D eigenvalue weighted by atomic mass is 16.2. The van der Waals surface area contributed by atoms with Crippen LogP contribution in [0.2, 0.25) is 0 Å². The van der Waals surface area contributed by atoms with Gasteiger partial charge in [-0.1, -0.05) is 20.3 Å². The molecule has 0 aliphatic carbocycles. The standard InChI is InChI=1S/C14H19N3O2/c1-3-5-10-15-17-14(19)11-6-8-12(9-7-11)16-13(18)4-2/h6-10H,3-5H2,1-2H3,(H,16,18)(H,17,19)/b15-10+. The van der Waals surface area contributed by atoms with Crippen LogP contribution in [0.3, 0.4) is 0 Å². The van der Waals surface area contributed by atoms with Crippen molar-refractivity contribution < 1.29 is 9.59 Å². The summed E-state index contributed by atoms with van der Waals surface area (Å²) >= 11 is 0. The van der Waals surface area contributed by atoms with E-state index in [0.29, 0.717) is 17.7 Å². The molecule has 0 saturated carbocycles. The summed E-state index contributed by atoms with van der Waals surface area (Å²) in [6, 6.07) is 6.68. The highest BCUT2D eigenvalue weighted by molar-refractivity contribution is 5.95. The molecule has 0 aromatic heterocycles. The quantitative estimate of drug-likeness (QED) is 0.610. The second kappa shape index (κ2) is 8.02. The van der Waals surface area contributed by atoms with Crippen molar-refractivity contribution in [3.63, 3.8) is 0 Å². The van der Waals surface area contributed by atoms with Crippen LogP contribution in [-0.2, 0) is 4.79 Å². The molecule has 102 valence electrons. The molecule has 5 nitrogen and oxygen atoms in total. The predicted octanol–water partition coefficient (Wildman–Crippen LogP) is 2.55. The van der Waals surface area contributed by atoms with Crippen LogP contribution in [0.5, 0.6) is 0 Å². The van der Waals surface area contributed by atoms with Crippen LogP contribution in [0.15, 0.2) is 29.4 Å². The first kappa shape index (κ1) is 14.9. The second-order valence-electron chi connectivity index (χ2n) is 4.02. The maximum atomic E-state index is 11.7. The van der Waals surface area contributed by atoms with Gasteiger partial charge in [0.25, 0.3) is 5.91 Å². The van der Waals surface area contributed by atoms with Crippen molar-refractivity contribution in [2.45, 2.75) is 33.1 Å². The van der Waals surface area contributed by atoms with Gasteiger partial charge in [0.1, 0.15) is 0 Å². The van der Waals surface area contributed by atoms with E-state index in [1.54, 1.807) is 37.4 Å². The molecule has 0 fully saturated rings. The summed E-state index contributed by atoms with van der Waals surface area (Å²) in [7, 11) is 0. The van der Waals surface area contributed by atoms with Crippen molar-refractivity contribution in [1.29, 1.82) is 0 Å². The van der Waals surface area contributed by atoms with Gasteiger partial charge in [0.15, 0.2) is 0 Å². The van der Waals surface area contributed by atoms with E-state index in [-0.39, 0.29) is 11.8 Å². The number of hydrazone groups is 1. The molecule has 0 radical (unpaired) electrons. The fourth-order valence-electron chi connectivity index (χ4n) is 1.32. The molecule has 5 heteroatoms. The lowest BCUT2D eigenvalue weighted by atomic mass is 10.2. The van der Waals surface area contributed by atoms with Gasteiger partial charge in [-0.15, -0.1) is 0 Å². The molecule has 0 saturated heterocycles. The Morgan fingerprint density at radius 3 is 2.47 bits per heavy atom. The van der Waals surface area contributed by atoms with Gasteiger partial charge in [0, 0.05) is 23.9 Å². The maximum Gasteiger partial charge on any atom is 0.271 e. The molecule has 0 spiro atoms. The van der Waals surface area contributed by atoms with Gasteiger partial charge in [-0.3, -0.25) is 9.59 Å².